The first kappa shape index (κ1) is 19.4. The van der Waals surface area contributed by atoms with Crippen molar-refractivity contribution in [2.24, 2.45) is 0 Å². The Morgan fingerprint density at radius 3 is 2.39 bits per heavy atom. The van der Waals surface area contributed by atoms with Crippen LogP contribution in [0.1, 0.15) is 11.1 Å². The van der Waals surface area contributed by atoms with Gasteiger partial charge in [0.05, 0.1) is 19.3 Å². The topological polar surface area (TPSA) is 41.6 Å². The van der Waals surface area contributed by atoms with Gasteiger partial charge in [-0.05, 0) is 54.4 Å². The number of carbonyl (C=O) groups is 1. The summed E-state index contributed by atoms with van der Waals surface area (Å²) in [4.78, 5) is 14.5. The van der Waals surface area contributed by atoms with E-state index >= 15 is 0 Å². The summed E-state index contributed by atoms with van der Waals surface area (Å²) < 4.78 is 19.3. The van der Waals surface area contributed by atoms with Crippen LogP contribution in [-0.2, 0) is 11.3 Å². The molecule has 144 valence electrons. The maximum absolute atomic E-state index is 14.1. The van der Waals surface area contributed by atoms with E-state index in [0.717, 1.165) is 22.6 Å². The summed E-state index contributed by atoms with van der Waals surface area (Å²) in [5.41, 5.74) is 2.95. The molecule has 5 heteroatoms. The Labute approximate surface area is 164 Å². The minimum Gasteiger partial charge on any atom is -0.497 e. The van der Waals surface area contributed by atoms with Crippen LogP contribution in [0.25, 0.3) is 0 Å². The summed E-state index contributed by atoms with van der Waals surface area (Å²) in [5, 5.41) is 2.67. The molecule has 0 spiro atoms. The summed E-state index contributed by atoms with van der Waals surface area (Å²) in [6.45, 7) is 2.45. The van der Waals surface area contributed by atoms with Crippen molar-refractivity contribution in [3.05, 3.63) is 89.7 Å². The average molecular weight is 378 g/mol. The number of nitrogens with one attached hydrogen (secondary N) is 1. The number of aryl methyl sites for hydroxylation is 1. The molecule has 0 heterocycles. The monoisotopic (exact) mass is 378 g/mol. The fourth-order valence-corrected chi connectivity index (χ4v) is 2.92. The third kappa shape index (κ3) is 5.10. The molecule has 0 aliphatic rings. The molecule has 0 aliphatic carbocycles. The lowest BCUT2D eigenvalue weighted by molar-refractivity contribution is -0.115. The lowest BCUT2D eigenvalue weighted by atomic mass is 10.2. The Hall–Kier alpha value is -3.34. The molecule has 4 nitrogen and oxygen atoms in total. The Kier molecular flexibility index (Phi) is 6.27. The maximum atomic E-state index is 14.1. The number of rotatable bonds is 7. The van der Waals surface area contributed by atoms with Crippen molar-refractivity contribution in [3.63, 3.8) is 0 Å². The van der Waals surface area contributed by atoms with Crippen molar-refractivity contribution < 1.29 is 13.9 Å². The Morgan fingerprint density at radius 2 is 1.75 bits per heavy atom. The van der Waals surface area contributed by atoms with Crippen LogP contribution in [-0.4, -0.2) is 19.6 Å². The zero-order valence-electron chi connectivity index (χ0n) is 16.0. The van der Waals surface area contributed by atoms with Crippen LogP contribution in [0, 0.1) is 12.7 Å². The van der Waals surface area contributed by atoms with Gasteiger partial charge in [-0.1, -0.05) is 36.4 Å². The molecule has 3 aromatic carbocycles. The van der Waals surface area contributed by atoms with Crippen LogP contribution in [0.5, 0.6) is 5.75 Å². The van der Waals surface area contributed by atoms with Gasteiger partial charge in [0.2, 0.25) is 5.91 Å². The third-order valence-corrected chi connectivity index (χ3v) is 4.39. The molecule has 28 heavy (non-hydrogen) atoms. The number of anilines is 2. The highest BCUT2D eigenvalue weighted by molar-refractivity contribution is 5.94. The van der Waals surface area contributed by atoms with Crippen LogP contribution in [0.15, 0.2) is 72.8 Å². The molecule has 0 bridgehead atoms. The largest absolute Gasteiger partial charge is 0.497 e. The highest BCUT2D eigenvalue weighted by atomic mass is 19.1. The molecule has 3 rings (SSSR count). The first-order valence-corrected chi connectivity index (χ1v) is 9.04. The van der Waals surface area contributed by atoms with Crippen LogP contribution >= 0.6 is 0 Å². The van der Waals surface area contributed by atoms with Gasteiger partial charge in [-0.25, -0.2) is 4.39 Å². The van der Waals surface area contributed by atoms with E-state index in [1.54, 1.807) is 26.2 Å². The molecule has 0 atom stereocenters. The standard InChI is InChI=1S/C23H23FN2O2/c1-17-8-13-22(21(24)14-17)25-23(27)16-26(15-18-6-4-3-5-7-18)19-9-11-20(28-2)12-10-19/h3-14H,15-16H2,1-2H3,(H,25,27). The van der Waals surface area contributed by atoms with Gasteiger partial charge in [-0.2, -0.15) is 0 Å². The van der Waals surface area contributed by atoms with E-state index in [-0.39, 0.29) is 18.1 Å². The summed E-state index contributed by atoms with van der Waals surface area (Å²) in [6, 6.07) is 22.2. The predicted molar refractivity (Wildman–Crippen MR) is 110 cm³/mol. The van der Waals surface area contributed by atoms with E-state index in [0.29, 0.717) is 6.54 Å². The number of hydrogen-bond donors (Lipinski definition) is 1. The number of ether oxygens (including phenoxy) is 1. The molecular formula is C23H23FN2O2. The number of amides is 1. The summed E-state index contributed by atoms with van der Waals surface area (Å²) in [5.74, 6) is 0.0245. The van der Waals surface area contributed by atoms with Crippen molar-refractivity contribution in [2.75, 3.05) is 23.9 Å². The molecule has 0 aliphatic heterocycles. The minimum absolute atomic E-state index is 0.0918. The third-order valence-electron chi connectivity index (χ3n) is 4.39. The molecular weight excluding hydrogens is 355 g/mol. The zero-order chi connectivity index (χ0) is 19.9. The van der Waals surface area contributed by atoms with Crippen LogP contribution in [0.3, 0.4) is 0 Å². The van der Waals surface area contributed by atoms with Crippen molar-refractivity contribution in [3.8, 4) is 5.75 Å². The second-order valence-corrected chi connectivity index (χ2v) is 6.57. The average Bonchev–Trinajstić information content (AvgIpc) is 2.70. The fourth-order valence-electron chi connectivity index (χ4n) is 2.92. The molecule has 0 radical (unpaired) electrons. The molecule has 0 saturated carbocycles. The van der Waals surface area contributed by atoms with Gasteiger partial charge in [0.1, 0.15) is 11.6 Å². The number of benzene rings is 3. The summed E-state index contributed by atoms with van der Waals surface area (Å²) in [7, 11) is 1.61. The van der Waals surface area contributed by atoms with Crippen LogP contribution in [0.4, 0.5) is 15.8 Å². The van der Waals surface area contributed by atoms with Gasteiger partial charge in [-0.3, -0.25) is 4.79 Å². The van der Waals surface area contributed by atoms with Gasteiger partial charge in [0.25, 0.3) is 0 Å². The van der Waals surface area contributed by atoms with E-state index in [2.05, 4.69) is 5.32 Å². The predicted octanol–water partition coefficient (Wildman–Crippen LogP) is 4.79. The molecule has 0 aromatic heterocycles. The zero-order valence-corrected chi connectivity index (χ0v) is 16.0. The van der Waals surface area contributed by atoms with Gasteiger partial charge >= 0.3 is 0 Å². The highest BCUT2D eigenvalue weighted by Gasteiger charge is 2.14. The highest BCUT2D eigenvalue weighted by Crippen LogP contribution is 2.22. The van der Waals surface area contributed by atoms with E-state index in [1.807, 2.05) is 59.5 Å². The number of methoxy groups -OCH3 is 1. The van der Waals surface area contributed by atoms with Gasteiger partial charge < -0.3 is 15.0 Å². The molecule has 1 amide bonds. The van der Waals surface area contributed by atoms with E-state index in [1.165, 1.54) is 6.07 Å². The SMILES string of the molecule is COc1ccc(N(CC(=O)Nc2ccc(C)cc2F)Cc2ccccc2)cc1. The molecule has 1 N–H and O–H groups in total. The van der Waals surface area contributed by atoms with Crippen LogP contribution < -0.4 is 15.0 Å². The molecule has 0 unspecified atom stereocenters. The van der Waals surface area contributed by atoms with E-state index in [4.69, 9.17) is 4.74 Å². The maximum Gasteiger partial charge on any atom is 0.243 e. The molecule has 3 aromatic rings. The first-order valence-electron chi connectivity index (χ1n) is 9.04. The molecule has 0 fully saturated rings. The number of nitrogens with zero attached hydrogens (tertiary/aromatic N) is 1. The second-order valence-electron chi connectivity index (χ2n) is 6.57. The second kappa shape index (κ2) is 9.04. The minimum atomic E-state index is -0.438. The van der Waals surface area contributed by atoms with E-state index in [9.17, 15) is 9.18 Å². The lowest BCUT2D eigenvalue weighted by Crippen LogP contribution is -2.33. The smallest absolute Gasteiger partial charge is 0.243 e. The van der Waals surface area contributed by atoms with Crippen LogP contribution in [0.2, 0.25) is 0 Å². The summed E-state index contributed by atoms with van der Waals surface area (Å²) >= 11 is 0. The summed E-state index contributed by atoms with van der Waals surface area (Å²) in [6.07, 6.45) is 0. The van der Waals surface area contributed by atoms with Gasteiger partial charge in [-0.15, -0.1) is 0 Å². The number of carbonyl (C=O) groups excluding carboxylic acids is 1. The number of hydrogen-bond acceptors (Lipinski definition) is 3. The van der Waals surface area contributed by atoms with Gasteiger partial charge in [0.15, 0.2) is 0 Å². The van der Waals surface area contributed by atoms with Crippen molar-refractivity contribution in [1.29, 1.82) is 0 Å². The van der Waals surface area contributed by atoms with Gasteiger partial charge in [0, 0.05) is 12.2 Å². The fraction of sp³-hybridized carbons (Fsp3) is 0.174. The first-order chi connectivity index (χ1) is 13.5. The van der Waals surface area contributed by atoms with E-state index < -0.39 is 5.82 Å². The van der Waals surface area contributed by atoms with Crippen molar-refractivity contribution in [2.45, 2.75) is 13.5 Å². The Morgan fingerprint density at radius 1 is 1.04 bits per heavy atom. The lowest BCUT2D eigenvalue weighted by Gasteiger charge is -2.25. The number of halogens is 1. The Balaban J connectivity index is 1.78. The molecule has 0 saturated heterocycles. The quantitative estimate of drug-likeness (QED) is 0.643. The van der Waals surface area contributed by atoms with Crippen molar-refractivity contribution in [1.82, 2.24) is 0 Å². The normalized spacial score (nSPS) is 10.4. The van der Waals surface area contributed by atoms with Crippen molar-refractivity contribution >= 4 is 17.3 Å². The Bertz CT molecular complexity index is 927.